The third-order valence-electron chi connectivity index (χ3n) is 5.15. The maximum absolute atomic E-state index is 13.1. The summed E-state index contributed by atoms with van der Waals surface area (Å²) in [6.45, 7) is 0.862. The molecule has 1 unspecified atom stereocenters. The van der Waals surface area contributed by atoms with E-state index in [-0.39, 0.29) is 23.9 Å². The number of methoxy groups -OCH3 is 1. The van der Waals surface area contributed by atoms with Crippen LogP contribution in [-0.4, -0.2) is 40.6 Å². The number of amides is 1. The molecule has 2 fully saturated rings. The maximum atomic E-state index is 13.1. The van der Waals surface area contributed by atoms with E-state index < -0.39 is 0 Å². The van der Waals surface area contributed by atoms with Crippen molar-refractivity contribution in [2.24, 2.45) is 0 Å². The lowest BCUT2D eigenvalue weighted by atomic mass is 10.0. The lowest BCUT2D eigenvalue weighted by molar-refractivity contribution is -0.129. The zero-order chi connectivity index (χ0) is 18.1. The highest BCUT2D eigenvalue weighted by atomic mass is 16.5. The van der Waals surface area contributed by atoms with Gasteiger partial charge in [0.1, 0.15) is 6.17 Å². The molecule has 0 aliphatic carbocycles. The van der Waals surface area contributed by atoms with E-state index in [1.165, 1.54) is 7.11 Å². The molecule has 2 aromatic rings. The summed E-state index contributed by atoms with van der Waals surface area (Å²) in [7, 11) is 1.53. The first-order valence-corrected chi connectivity index (χ1v) is 8.96. The monoisotopic (exact) mass is 353 g/mol. The first-order valence-electron chi connectivity index (χ1n) is 8.96. The molecule has 0 bridgehead atoms. The molecule has 6 heteroatoms. The third kappa shape index (κ3) is 2.86. The number of hydrogen-bond donors (Lipinski definition) is 2. The van der Waals surface area contributed by atoms with Crippen LogP contribution >= 0.6 is 0 Å². The molecule has 0 saturated carbocycles. The van der Waals surface area contributed by atoms with Crippen molar-refractivity contribution in [2.45, 2.75) is 31.5 Å². The van der Waals surface area contributed by atoms with Crippen molar-refractivity contribution in [3.8, 4) is 11.5 Å². The van der Waals surface area contributed by atoms with E-state index in [1.807, 2.05) is 36.4 Å². The van der Waals surface area contributed by atoms with Crippen molar-refractivity contribution in [1.29, 1.82) is 0 Å². The summed E-state index contributed by atoms with van der Waals surface area (Å²) >= 11 is 0. The number of para-hydroxylation sites is 1. The minimum absolute atomic E-state index is 0.0776. The minimum atomic E-state index is -0.259. The number of aromatic hydroxyl groups is 1. The van der Waals surface area contributed by atoms with Crippen LogP contribution in [0.4, 0.5) is 5.69 Å². The van der Waals surface area contributed by atoms with Gasteiger partial charge in [0.25, 0.3) is 5.91 Å². The van der Waals surface area contributed by atoms with Gasteiger partial charge in [0, 0.05) is 6.54 Å². The second kappa shape index (κ2) is 6.88. The summed E-state index contributed by atoms with van der Waals surface area (Å²) in [5.41, 5.74) is 5.00. The lowest BCUT2D eigenvalue weighted by Gasteiger charge is -2.34. The van der Waals surface area contributed by atoms with Gasteiger partial charge in [-0.05, 0) is 42.7 Å². The van der Waals surface area contributed by atoms with E-state index in [4.69, 9.17) is 4.74 Å². The highest BCUT2D eigenvalue weighted by Gasteiger charge is 2.48. The van der Waals surface area contributed by atoms with Crippen molar-refractivity contribution in [3.63, 3.8) is 0 Å². The molecule has 2 saturated heterocycles. The normalized spacial score (nSPS) is 23.0. The summed E-state index contributed by atoms with van der Waals surface area (Å²) in [5.74, 6) is 0.585. The number of hydrazine groups is 1. The number of phenols is 1. The molecule has 2 atom stereocenters. The number of phenolic OH excluding ortho intramolecular Hbond substituents is 1. The zero-order valence-electron chi connectivity index (χ0n) is 14.8. The molecular formula is C20H23N3O3. The summed E-state index contributed by atoms with van der Waals surface area (Å²) in [6.07, 6.45) is 2.74. The maximum Gasteiger partial charge on any atom is 0.260 e. The molecular weight excluding hydrogens is 330 g/mol. The minimum Gasteiger partial charge on any atom is -0.504 e. The molecule has 2 heterocycles. The Kier molecular flexibility index (Phi) is 4.42. The zero-order valence-corrected chi connectivity index (χ0v) is 14.8. The molecule has 2 aliphatic heterocycles. The predicted octanol–water partition coefficient (Wildman–Crippen LogP) is 3.12. The molecule has 1 amide bonds. The quantitative estimate of drug-likeness (QED) is 0.884. The van der Waals surface area contributed by atoms with Gasteiger partial charge in [-0.3, -0.25) is 15.1 Å². The smallest absolute Gasteiger partial charge is 0.260 e. The molecule has 0 radical (unpaired) electrons. The molecule has 26 heavy (non-hydrogen) atoms. The Labute approximate surface area is 153 Å². The number of hydrogen-bond acceptors (Lipinski definition) is 5. The standard InChI is InChI=1S/C20H23N3O3/c1-26-18-11-10-14(13-17(18)24)19-22-12-6-5-9-16(22)20(25)23(19)21-15-7-3-2-4-8-15/h2-4,7-8,10-11,13,16,19,21,24H,5-6,9,12H2,1H3/t16?,19-/m1/s1. The topological polar surface area (TPSA) is 65.0 Å². The summed E-state index contributed by atoms with van der Waals surface area (Å²) in [6, 6.07) is 14.9. The van der Waals surface area contributed by atoms with Crippen LogP contribution in [0.1, 0.15) is 31.0 Å². The van der Waals surface area contributed by atoms with Gasteiger partial charge in [-0.2, -0.15) is 0 Å². The van der Waals surface area contributed by atoms with Crippen LogP contribution in [0.5, 0.6) is 11.5 Å². The van der Waals surface area contributed by atoms with Gasteiger partial charge < -0.3 is 9.84 Å². The van der Waals surface area contributed by atoms with Gasteiger partial charge in [0.05, 0.1) is 18.8 Å². The Morgan fingerprint density at radius 1 is 1.15 bits per heavy atom. The van der Waals surface area contributed by atoms with E-state index in [0.717, 1.165) is 37.1 Å². The highest BCUT2D eigenvalue weighted by molar-refractivity contribution is 5.86. The summed E-state index contributed by atoms with van der Waals surface area (Å²) < 4.78 is 5.15. The van der Waals surface area contributed by atoms with Crippen LogP contribution in [-0.2, 0) is 4.79 Å². The lowest BCUT2D eigenvalue weighted by Crippen LogP contribution is -2.38. The molecule has 2 aliphatic rings. The van der Waals surface area contributed by atoms with Gasteiger partial charge in [-0.15, -0.1) is 0 Å². The predicted molar refractivity (Wildman–Crippen MR) is 98.7 cm³/mol. The van der Waals surface area contributed by atoms with Crippen LogP contribution < -0.4 is 10.2 Å². The Balaban J connectivity index is 1.71. The number of benzene rings is 2. The fourth-order valence-electron chi connectivity index (χ4n) is 3.92. The summed E-state index contributed by atoms with van der Waals surface area (Å²) in [5, 5.41) is 11.9. The van der Waals surface area contributed by atoms with E-state index in [0.29, 0.717) is 5.75 Å². The highest BCUT2D eigenvalue weighted by Crippen LogP contribution is 2.41. The molecule has 4 rings (SSSR count). The average Bonchev–Trinajstić information content (AvgIpc) is 2.95. The van der Waals surface area contributed by atoms with Crippen molar-refractivity contribution in [1.82, 2.24) is 9.91 Å². The molecule has 0 aromatic heterocycles. The SMILES string of the molecule is COc1ccc([C@H]2N(Nc3ccccc3)C(=O)C3CCCCN32)cc1O. The number of nitrogens with one attached hydrogen (secondary N) is 1. The fourth-order valence-corrected chi connectivity index (χ4v) is 3.92. The van der Waals surface area contributed by atoms with Crippen LogP contribution in [0.3, 0.4) is 0 Å². The van der Waals surface area contributed by atoms with E-state index in [1.54, 1.807) is 17.1 Å². The second-order valence-corrected chi connectivity index (χ2v) is 6.74. The molecule has 136 valence electrons. The Bertz CT molecular complexity index is 796. The molecule has 6 nitrogen and oxygen atoms in total. The number of carbonyl (C=O) groups is 1. The number of anilines is 1. The van der Waals surface area contributed by atoms with E-state index in [9.17, 15) is 9.90 Å². The van der Waals surface area contributed by atoms with E-state index >= 15 is 0 Å². The van der Waals surface area contributed by atoms with Gasteiger partial charge in [0.15, 0.2) is 11.5 Å². The van der Waals surface area contributed by atoms with Crippen molar-refractivity contribution < 1.29 is 14.6 Å². The van der Waals surface area contributed by atoms with Crippen LogP contribution in [0.15, 0.2) is 48.5 Å². The average molecular weight is 353 g/mol. The van der Waals surface area contributed by atoms with Gasteiger partial charge in [0.2, 0.25) is 0 Å². The largest absolute Gasteiger partial charge is 0.504 e. The Morgan fingerprint density at radius 3 is 2.69 bits per heavy atom. The van der Waals surface area contributed by atoms with Crippen LogP contribution in [0, 0.1) is 0 Å². The molecule has 0 spiro atoms. The van der Waals surface area contributed by atoms with Crippen LogP contribution in [0.25, 0.3) is 0 Å². The number of ether oxygens (including phenoxy) is 1. The fraction of sp³-hybridized carbons (Fsp3) is 0.350. The number of carbonyl (C=O) groups excluding carboxylic acids is 1. The second-order valence-electron chi connectivity index (χ2n) is 6.74. The van der Waals surface area contributed by atoms with Gasteiger partial charge in [-0.25, -0.2) is 5.01 Å². The molecule has 2 aromatic carbocycles. The third-order valence-corrected chi connectivity index (χ3v) is 5.15. The first kappa shape index (κ1) is 16.7. The van der Waals surface area contributed by atoms with Gasteiger partial charge >= 0.3 is 0 Å². The molecule has 2 N–H and O–H groups in total. The number of piperidine rings is 1. The number of fused-ring (bicyclic) bond motifs is 1. The van der Waals surface area contributed by atoms with E-state index in [2.05, 4.69) is 10.3 Å². The van der Waals surface area contributed by atoms with Crippen molar-refractivity contribution in [3.05, 3.63) is 54.1 Å². The Hall–Kier alpha value is -2.73. The number of rotatable bonds is 4. The van der Waals surface area contributed by atoms with Gasteiger partial charge in [-0.1, -0.05) is 30.7 Å². The van der Waals surface area contributed by atoms with Crippen LogP contribution in [0.2, 0.25) is 0 Å². The Morgan fingerprint density at radius 2 is 1.96 bits per heavy atom. The van der Waals surface area contributed by atoms with Crippen molar-refractivity contribution in [2.75, 3.05) is 19.1 Å². The summed E-state index contributed by atoms with van der Waals surface area (Å²) in [4.78, 5) is 15.3. The first-order chi connectivity index (χ1) is 12.7. The number of nitrogens with zero attached hydrogens (tertiary/aromatic N) is 2. The van der Waals surface area contributed by atoms with Crippen molar-refractivity contribution >= 4 is 11.6 Å².